The second kappa shape index (κ2) is 4.33. The minimum absolute atomic E-state index is 0.217. The van der Waals surface area contributed by atoms with Crippen LogP contribution >= 0.6 is 0 Å². The Balaban J connectivity index is 2.30. The number of benzene rings is 1. The van der Waals surface area contributed by atoms with Gasteiger partial charge in [0.05, 0.1) is 16.9 Å². The van der Waals surface area contributed by atoms with Gasteiger partial charge in [-0.15, -0.1) is 0 Å². The summed E-state index contributed by atoms with van der Waals surface area (Å²) in [6.07, 6.45) is 0. The Morgan fingerprint density at radius 3 is 2.88 bits per heavy atom. The topological polar surface area (TPSA) is 101 Å². The van der Waals surface area contributed by atoms with Gasteiger partial charge in [-0.25, -0.2) is 0 Å². The number of nitrogens with one attached hydrogen (secondary N) is 2. The number of hydrazone groups is 1. The molecule has 0 fully saturated rings. The van der Waals surface area contributed by atoms with Crippen molar-refractivity contribution in [2.45, 2.75) is 6.92 Å². The molecule has 0 aliphatic heterocycles. The van der Waals surface area contributed by atoms with Crippen LogP contribution in [0.5, 0.6) is 0 Å². The fourth-order valence-electron chi connectivity index (χ4n) is 1.42. The third kappa shape index (κ3) is 2.06. The van der Waals surface area contributed by atoms with Gasteiger partial charge in [0.25, 0.3) is 0 Å². The molecule has 0 aliphatic carbocycles. The highest BCUT2D eigenvalue weighted by atomic mass is 15.3. The van der Waals surface area contributed by atoms with E-state index in [-0.39, 0.29) is 5.71 Å². The molecule has 82 valence electrons. The summed E-state index contributed by atoms with van der Waals surface area (Å²) in [6, 6.07) is 8.85. The lowest BCUT2D eigenvalue weighted by Gasteiger charge is -1.99. The first-order chi connectivity index (χ1) is 8.24. The first-order valence-electron chi connectivity index (χ1n) is 4.83. The van der Waals surface area contributed by atoms with Gasteiger partial charge in [-0.3, -0.25) is 10.5 Å². The lowest BCUT2D eigenvalue weighted by atomic mass is 10.2. The van der Waals surface area contributed by atoms with Crippen LogP contribution in [0, 0.1) is 29.6 Å². The Morgan fingerprint density at radius 1 is 1.41 bits per heavy atom. The molecular weight excluding hydrogens is 216 g/mol. The van der Waals surface area contributed by atoms with Crippen LogP contribution in [-0.2, 0) is 0 Å². The highest BCUT2D eigenvalue weighted by Crippen LogP contribution is 2.19. The molecule has 0 saturated heterocycles. The van der Waals surface area contributed by atoms with Crippen molar-refractivity contribution in [3.05, 3.63) is 23.9 Å². The van der Waals surface area contributed by atoms with Crippen LogP contribution in [0.3, 0.4) is 0 Å². The van der Waals surface area contributed by atoms with Crippen LogP contribution in [0.15, 0.2) is 23.3 Å². The number of nitrogens with zero attached hydrogens (tertiary/aromatic N) is 4. The zero-order valence-corrected chi connectivity index (χ0v) is 9.02. The van der Waals surface area contributed by atoms with E-state index in [1.807, 2.05) is 19.1 Å². The van der Waals surface area contributed by atoms with E-state index >= 15 is 0 Å². The molecule has 0 saturated carbocycles. The van der Waals surface area contributed by atoms with E-state index in [2.05, 4.69) is 20.7 Å². The monoisotopic (exact) mass is 224 g/mol. The number of rotatable bonds is 2. The van der Waals surface area contributed by atoms with Crippen LogP contribution < -0.4 is 5.43 Å². The van der Waals surface area contributed by atoms with Gasteiger partial charge in [-0.1, -0.05) is 0 Å². The van der Waals surface area contributed by atoms with E-state index < -0.39 is 0 Å². The van der Waals surface area contributed by atoms with E-state index in [4.69, 9.17) is 10.5 Å². The van der Waals surface area contributed by atoms with Crippen LogP contribution in [0.4, 0.5) is 5.69 Å². The standard InChI is InChI=1S/C11H8N6/c1-7-10-3-2-8(4-11(10)17-14-7)15-16-9(5-12)6-13/h2-4,15H,1H3,(H,14,17). The Bertz CT molecular complexity index is 651. The van der Waals surface area contributed by atoms with Crippen LogP contribution in [0.1, 0.15) is 5.69 Å². The number of hydrogen-bond acceptors (Lipinski definition) is 5. The molecule has 0 spiro atoms. The molecule has 0 radical (unpaired) electrons. The molecule has 0 amide bonds. The summed E-state index contributed by atoms with van der Waals surface area (Å²) in [5.41, 5.74) is 4.91. The Morgan fingerprint density at radius 2 is 2.18 bits per heavy atom. The summed E-state index contributed by atoms with van der Waals surface area (Å²) >= 11 is 0. The maximum absolute atomic E-state index is 8.52. The SMILES string of the molecule is Cc1n[nH]c2cc(NN=C(C#N)C#N)ccc12. The number of nitriles is 2. The van der Waals surface area contributed by atoms with Gasteiger partial charge >= 0.3 is 0 Å². The molecule has 6 heteroatoms. The molecule has 6 nitrogen and oxygen atoms in total. The molecule has 2 N–H and O–H groups in total. The maximum Gasteiger partial charge on any atom is 0.237 e. The summed E-state index contributed by atoms with van der Waals surface area (Å²) in [7, 11) is 0. The summed E-state index contributed by atoms with van der Waals surface area (Å²) in [5, 5.41) is 28.7. The number of aromatic amines is 1. The number of aromatic nitrogens is 2. The van der Waals surface area contributed by atoms with E-state index in [1.165, 1.54) is 0 Å². The number of hydrogen-bond donors (Lipinski definition) is 2. The van der Waals surface area contributed by atoms with Gasteiger partial charge in [0.15, 0.2) is 0 Å². The first kappa shape index (κ1) is 10.7. The van der Waals surface area contributed by atoms with E-state index in [1.54, 1.807) is 18.2 Å². The highest BCUT2D eigenvalue weighted by Gasteiger charge is 2.01. The van der Waals surface area contributed by atoms with Gasteiger partial charge in [0, 0.05) is 5.39 Å². The molecule has 1 aromatic carbocycles. The van der Waals surface area contributed by atoms with Crippen molar-refractivity contribution in [3.8, 4) is 12.1 Å². The molecule has 0 aliphatic rings. The molecule has 0 atom stereocenters. The minimum atomic E-state index is -0.217. The number of H-pyrrole nitrogens is 1. The third-order valence-corrected chi connectivity index (χ3v) is 2.26. The fraction of sp³-hybridized carbons (Fsp3) is 0.0909. The smallest absolute Gasteiger partial charge is 0.237 e. The Hall–Kier alpha value is -2.86. The average molecular weight is 224 g/mol. The van der Waals surface area contributed by atoms with Crippen molar-refractivity contribution in [2.24, 2.45) is 5.10 Å². The van der Waals surface area contributed by atoms with Gasteiger partial charge in [0.1, 0.15) is 12.1 Å². The third-order valence-electron chi connectivity index (χ3n) is 2.26. The Labute approximate surface area is 97.2 Å². The van der Waals surface area contributed by atoms with E-state index in [0.717, 1.165) is 16.6 Å². The molecule has 2 rings (SSSR count). The van der Waals surface area contributed by atoms with Crippen molar-refractivity contribution in [3.63, 3.8) is 0 Å². The van der Waals surface area contributed by atoms with Gasteiger partial charge < -0.3 is 0 Å². The molecule has 0 bridgehead atoms. The van der Waals surface area contributed by atoms with Gasteiger partial charge in [-0.05, 0) is 25.1 Å². The molecule has 17 heavy (non-hydrogen) atoms. The summed E-state index contributed by atoms with van der Waals surface area (Å²) in [4.78, 5) is 0. The zero-order chi connectivity index (χ0) is 12.3. The van der Waals surface area contributed by atoms with Crippen molar-refractivity contribution in [1.29, 1.82) is 10.5 Å². The van der Waals surface area contributed by atoms with Crippen molar-refractivity contribution in [1.82, 2.24) is 10.2 Å². The number of fused-ring (bicyclic) bond motifs is 1. The maximum atomic E-state index is 8.52. The summed E-state index contributed by atoms with van der Waals surface area (Å²) < 4.78 is 0. The molecule has 1 heterocycles. The predicted molar refractivity (Wildman–Crippen MR) is 63.1 cm³/mol. The zero-order valence-electron chi connectivity index (χ0n) is 9.02. The van der Waals surface area contributed by atoms with Gasteiger partial charge in [0.2, 0.25) is 5.71 Å². The number of anilines is 1. The largest absolute Gasteiger partial charge is 0.277 e. The quantitative estimate of drug-likeness (QED) is 0.598. The van der Waals surface area contributed by atoms with E-state index in [0.29, 0.717) is 5.69 Å². The fourth-order valence-corrected chi connectivity index (χ4v) is 1.42. The number of aryl methyl sites for hydroxylation is 1. The van der Waals surface area contributed by atoms with Crippen LogP contribution in [0.2, 0.25) is 0 Å². The van der Waals surface area contributed by atoms with E-state index in [9.17, 15) is 0 Å². The molecule has 2 aromatic rings. The average Bonchev–Trinajstić information content (AvgIpc) is 2.72. The summed E-state index contributed by atoms with van der Waals surface area (Å²) in [5.74, 6) is 0. The molecule has 1 aromatic heterocycles. The highest BCUT2D eigenvalue weighted by molar-refractivity contribution is 6.10. The lowest BCUT2D eigenvalue weighted by Crippen LogP contribution is -1.96. The first-order valence-corrected chi connectivity index (χ1v) is 4.83. The second-order valence-corrected chi connectivity index (χ2v) is 3.37. The summed E-state index contributed by atoms with van der Waals surface area (Å²) in [6.45, 7) is 1.91. The predicted octanol–water partition coefficient (Wildman–Crippen LogP) is 1.69. The lowest BCUT2D eigenvalue weighted by molar-refractivity contribution is 1.07. The second-order valence-electron chi connectivity index (χ2n) is 3.37. The molecular formula is C11H8N6. The Kier molecular flexibility index (Phi) is 2.71. The van der Waals surface area contributed by atoms with Crippen LogP contribution in [-0.4, -0.2) is 15.9 Å². The molecule has 0 unspecified atom stereocenters. The van der Waals surface area contributed by atoms with Crippen molar-refractivity contribution >= 4 is 22.3 Å². The minimum Gasteiger partial charge on any atom is -0.277 e. The van der Waals surface area contributed by atoms with Crippen LogP contribution in [0.25, 0.3) is 10.9 Å². The van der Waals surface area contributed by atoms with Crippen molar-refractivity contribution in [2.75, 3.05) is 5.43 Å². The van der Waals surface area contributed by atoms with Gasteiger partial charge in [-0.2, -0.15) is 20.7 Å². The van der Waals surface area contributed by atoms with Crippen molar-refractivity contribution < 1.29 is 0 Å². The normalized spacial score (nSPS) is 9.35.